The smallest absolute Gasteiger partial charge is 0.255 e. The van der Waals surface area contributed by atoms with Crippen molar-refractivity contribution in [3.63, 3.8) is 0 Å². The molecule has 0 bridgehead atoms. The molecule has 0 saturated heterocycles. The highest BCUT2D eigenvalue weighted by Crippen LogP contribution is 2.37. The predicted molar refractivity (Wildman–Crippen MR) is 85.2 cm³/mol. The Morgan fingerprint density at radius 1 is 1.26 bits per heavy atom. The second-order valence-electron chi connectivity index (χ2n) is 5.22. The van der Waals surface area contributed by atoms with E-state index in [0.29, 0.717) is 17.1 Å². The number of nitrogens with two attached hydrogens (primary N) is 1. The Balaban J connectivity index is 1.91. The summed E-state index contributed by atoms with van der Waals surface area (Å²) in [6, 6.07) is 12.7. The normalized spacial score (nSPS) is 14.5. The van der Waals surface area contributed by atoms with Gasteiger partial charge in [-0.3, -0.25) is 9.59 Å². The summed E-state index contributed by atoms with van der Waals surface area (Å²) in [6.45, 7) is 1.57. The molecule has 116 valence electrons. The van der Waals surface area contributed by atoms with Crippen LogP contribution in [-0.2, 0) is 4.79 Å². The number of ether oxygens (including phenoxy) is 2. The van der Waals surface area contributed by atoms with E-state index in [-0.39, 0.29) is 18.1 Å². The van der Waals surface area contributed by atoms with E-state index < -0.39 is 5.91 Å². The number of aryl methyl sites for hydroxylation is 1. The summed E-state index contributed by atoms with van der Waals surface area (Å²) in [6.07, 6.45) is 1.70. The van der Waals surface area contributed by atoms with Crippen LogP contribution in [0.4, 0.5) is 0 Å². The van der Waals surface area contributed by atoms with Gasteiger partial charge in [-0.15, -0.1) is 0 Å². The van der Waals surface area contributed by atoms with Crippen LogP contribution in [0.25, 0.3) is 6.08 Å². The number of fused-ring (bicyclic) bond motifs is 1. The minimum Gasteiger partial charge on any atom is -0.484 e. The standard InChI is InChI=1S/C18H15NO4/c1-11-7-13(22-10-16(19)20)9-14-17(11)18(21)15(23-14)8-12-5-3-2-4-6-12/h2-9H,10H2,1H3,(H2,19,20)/b15-8-. The lowest BCUT2D eigenvalue weighted by Gasteiger charge is -2.07. The van der Waals surface area contributed by atoms with Crippen molar-refractivity contribution >= 4 is 17.8 Å². The topological polar surface area (TPSA) is 78.6 Å². The first-order valence-corrected chi connectivity index (χ1v) is 7.09. The largest absolute Gasteiger partial charge is 0.484 e. The van der Waals surface area contributed by atoms with Crippen LogP contribution in [0.15, 0.2) is 48.2 Å². The van der Waals surface area contributed by atoms with E-state index in [9.17, 15) is 9.59 Å². The minimum absolute atomic E-state index is 0.164. The molecule has 0 spiro atoms. The first-order valence-electron chi connectivity index (χ1n) is 7.09. The zero-order valence-corrected chi connectivity index (χ0v) is 12.5. The second-order valence-corrected chi connectivity index (χ2v) is 5.22. The summed E-state index contributed by atoms with van der Waals surface area (Å²) in [7, 11) is 0. The van der Waals surface area contributed by atoms with E-state index in [1.165, 1.54) is 0 Å². The Labute approximate surface area is 133 Å². The number of ketones is 1. The molecular formula is C18H15NO4. The molecule has 0 atom stereocenters. The van der Waals surface area contributed by atoms with Gasteiger partial charge in [-0.1, -0.05) is 30.3 Å². The van der Waals surface area contributed by atoms with Gasteiger partial charge >= 0.3 is 0 Å². The van der Waals surface area contributed by atoms with Crippen LogP contribution in [0.2, 0.25) is 0 Å². The second kappa shape index (κ2) is 5.96. The molecule has 3 rings (SSSR count). The minimum atomic E-state index is -0.565. The fraction of sp³-hybridized carbons (Fsp3) is 0.111. The lowest BCUT2D eigenvalue weighted by atomic mass is 10.0. The van der Waals surface area contributed by atoms with Crippen molar-refractivity contribution in [1.29, 1.82) is 0 Å². The Kier molecular flexibility index (Phi) is 3.85. The van der Waals surface area contributed by atoms with Gasteiger partial charge in [0.05, 0.1) is 5.56 Å². The molecule has 2 N–H and O–H groups in total. The van der Waals surface area contributed by atoms with Crippen LogP contribution in [0.3, 0.4) is 0 Å². The van der Waals surface area contributed by atoms with Gasteiger partial charge in [-0.05, 0) is 30.2 Å². The van der Waals surface area contributed by atoms with E-state index in [2.05, 4.69) is 0 Å². The van der Waals surface area contributed by atoms with Crippen molar-refractivity contribution in [2.45, 2.75) is 6.92 Å². The molecular weight excluding hydrogens is 294 g/mol. The summed E-state index contributed by atoms with van der Waals surface area (Å²) in [5, 5.41) is 0. The van der Waals surface area contributed by atoms with Crippen molar-refractivity contribution in [3.8, 4) is 11.5 Å². The number of carbonyl (C=O) groups is 2. The molecule has 0 saturated carbocycles. The monoisotopic (exact) mass is 309 g/mol. The summed E-state index contributed by atoms with van der Waals surface area (Å²) in [5.41, 5.74) is 7.18. The maximum absolute atomic E-state index is 12.5. The third-order valence-corrected chi connectivity index (χ3v) is 3.42. The highest BCUT2D eigenvalue weighted by atomic mass is 16.5. The number of rotatable bonds is 4. The number of Topliss-reactive ketones (excluding diaryl/α,β-unsaturated/α-hetero) is 1. The van der Waals surface area contributed by atoms with E-state index in [1.54, 1.807) is 25.1 Å². The quantitative estimate of drug-likeness (QED) is 0.880. The number of primary amides is 1. The maximum atomic E-state index is 12.5. The van der Waals surface area contributed by atoms with E-state index in [0.717, 1.165) is 11.1 Å². The lowest BCUT2D eigenvalue weighted by Crippen LogP contribution is -2.20. The number of amides is 1. The summed E-state index contributed by atoms with van der Waals surface area (Å²) in [4.78, 5) is 23.3. The SMILES string of the molecule is Cc1cc(OCC(N)=O)cc2c1C(=O)/C(=C/c1ccccc1)O2. The average molecular weight is 309 g/mol. The van der Waals surface area contributed by atoms with Crippen LogP contribution >= 0.6 is 0 Å². The zero-order valence-electron chi connectivity index (χ0n) is 12.5. The molecule has 1 aliphatic rings. The van der Waals surface area contributed by atoms with Gasteiger partial charge in [0.25, 0.3) is 5.91 Å². The molecule has 1 heterocycles. The number of allylic oxidation sites excluding steroid dienone is 1. The molecule has 0 unspecified atom stereocenters. The molecule has 1 aliphatic heterocycles. The van der Waals surface area contributed by atoms with Crippen LogP contribution in [-0.4, -0.2) is 18.3 Å². The van der Waals surface area contributed by atoms with Crippen LogP contribution in [0, 0.1) is 6.92 Å². The molecule has 0 aliphatic carbocycles. The van der Waals surface area contributed by atoms with Gasteiger partial charge in [-0.25, -0.2) is 0 Å². The van der Waals surface area contributed by atoms with Crippen molar-refractivity contribution in [3.05, 3.63) is 64.9 Å². The van der Waals surface area contributed by atoms with Crippen LogP contribution in [0.5, 0.6) is 11.5 Å². The molecule has 5 heteroatoms. The molecule has 0 radical (unpaired) electrons. The first-order chi connectivity index (χ1) is 11.0. The summed E-state index contributed by atoms with van der Waals surface area (Å²) in [5.74, 6) is 0.402. The lowest BCUT2D eigenvalue weighted by molar-refractivity contribution is -0.119. The van der Waals surface area contributed by atoms with Crippen LogP contribution < -0.4 is 15.2 Å². The van der Waals surface area contributed by atoms with E-state index >= 15 is 0 Å². The van der Waals surface area contributed by atoms with Crippen molar-refractivity contribution in [1.82, 2.24) is 0 Å². The van der Waals surface area contributed by atoms with Gasteiger partial charge in [0.1, 0.15) is 11.5 Å². The highest BCUT2D eigenvalue weighted by Gasteiger charge is 2.30. The number of carbonyl (C=O) groups excluding carboxylic acids is 2. The number of benzene rings is 2. The van der Waals surface area contributed by atoms with Crippen LogP contribution in [0.1, 0.15) is 21.5 Å². The van der Waals surface area contributed by atoms with Gasteiger partial charge in [-0.2, -0.15) is 0 Å². The molecule has 0 fully saturated rings. The number of hydrogen-bond donors (Lipinski definition) is 1. The average Bonchev–Trinajstić information content (AvgIpc) is 2.83. The molecule has 5 nitrogen and oxygen atoms in total. The molecule has 23 heavy (non-hydrogen) atoms. The molecule has 0 aromatic heterocycles. The number of hydrogen-bond acceptors (Lipinski definition) is 4. The Morgan fingerprint density at radius 2 is 2.00 bits per heavy atom. The first kappa shape index (κ1) is 14.8. The Hall–Kier alpha value is -3.08. The van der Waals surface area contributed by atoms with Gasteiger partial charge < -0.3 is 15.2 Å². The Bertz CT molecular complexity index is 809. The third-order valence-electron chi connectivity index (χ3n) is 3.42. The predicted octanol–water partition coefficient (Wildman–Crippen LogP) is 2.48. The molecule has 2 aromatic carbocycles. The van der Waals surface area contributed by atoms with Crippen molar-refractivity contribution in [2.24, 2.45) is 5.73 Å². The van der Waals surface area contributed by atoms with Crippen molar-refractivity contribution in [2.75, 3.05) is 6.61 Å². The Morgan fingerprint density at radius 3 is 2.70 bits per heavy atom. The third kappa shape index (κ3) is 3.08. The van der Waals surface area contributed by atoms with E-state index in [1.807, 2.05) is 30.3 Å². The van der Waals surface area contributed by atoms with Gasteiger partial charge in [0.15, 0.2) is 12.4 Å². The van der Waals surface area contributed by atoms with E-state index in [4.69, 9.17) is 15.2 Å². The van der Waals surface area contributed by atoms with Gasteiger partial charge in [0.2, 0.25) is 5.78 Å². The molecule has 2 aromatic rings. The maximum Gasteiger partial charge on any atom is 0.255 e. The summed E-state index contributed by atoms with van der Waals surface area (Å²) < 4.78 is 10.9. The van der Waals surface area contributed by atoms with Gasteiger partial charge in [0, 0.05) is 6.07 Å². The summed E-state index contributed by atoms with van der Waals surface area (Å²) >= 11 is 0. The highest BCUT2D eigenvalue weighted by molar-refractivity contribution is 6.15. The van der Waals surface area contributed by atoms with Crippen molar-refractivity contribution < 1.29 is 19.1 Å². The fourth-order valence-electron chi connectivity index (χ4n) is 2.42. The zero-order chi connectivity index (χ0) is 16.4. The fourth-order valence-corrected chi connectivity index (χ4v) is 2.42. The molecule has 1 amide bonds.